The summed E-state index contributed by atoms with van der Waals surface area (Å²) >= 11 is 12.8. The molecule has 230 valence electrons. The second-order valence-electron chi connectivity index (χ2n) is 11.6. The number of benzene rings is 3. The third-order valence-electron chi connectivity index (χ3n) is 8.61. The molecule has 4 N–H and O–H groups in total. The molecule has 7 rings (SSSR count). The smallest absolute Gasteiger partial charge is 0.141 e. The van der Waals surface area contributed by atoms with E-state index < -0.39 is 5.82 Å². The van der Waals surface area contributed by atoms with Crippen LogP contribution < -0.4 is 21.6 Å². The molecule has 45 heavy (non-hydrogen) atoms. The van der Waals surface area contributed by atoms with Gasteiger partial charge in [-0.3, -0.25) is 14.9 Å². The zero-order valence-electron chi connectivity index (χ0n) is 24.3. The molecule has 1 atom stereocenters. The number of nitriles is 1. The van der Waals surface area contributed by atoms with Crippen LogP contribution in [0.5, 0.6) is 0 Å². The van der Waals surface area contributed by atoms with Gasteiger partial charge in [0.05, 0.1) is 63.8 Å². The van der Waals surface area contributed by atoms with E-state index in [0.717, 1.165) is 49.8 Å². The monoisotopic (exact) mass is 644 g/mol. The van der Waals surface area contributed by atoms with Crippen molar-refractivity contribution < 1.29 is 9.13 Å². The third kappa shape index (κ3) is 5.86. The van der Waals surface area contributed by atoms with Gasteiger partial charge in [0.1, 0.15) is 11.9 Å². The summed E-state index contributed by atoms with van der Waals surface area (Å²) in [7, 11) is 0. The number of hydrazine groups is 2. The Kier molecular flexibility index (Phi) is 8.12. The van der Waals surface area contributed by atoms with Crippen molar-refractivity contribution in [1.29, 1.82) is 5.26 Å². The van der Waals surface area contributed by atoms with Gasteiger partial charge in [0.25, 0.3) is 0 Å². The maximum atomic E-state index is 13.9. The summed E-state index contributed by atoms with van der Waals surface area (Å²) in [6.07, 6.45) is 6.02. The average molecular weight is 646 g/mol. The van der Waals surface area contributed by atoms with E-state index in [-0.39, 0.29) is 16.6 Å². The standard InChI is InChI=1S/C33H31Cl2FN8O/c34-26-13-23(8-9-28(26)36)39-30-22(15-37)16-38-32-25(30)12-24(14-27(32)35)40-31(21-6-2-1-3-7-21)29-17-44(42-41-29)18-33(19-45-20-33)43-10-4-5-11-43/h1-3,6-9,12-14,16-17,31,40-42H,4-5,10-11,18-20H2,(H,38,39)/t31-/m0/s1. The third-order valence-corrected chi connectivity index (χ3v) is 9.19. The van der Waals surface area contributed by atoms with E-state index in [1.165, 1.54) is 31.2 Å². The van der Waals surface area contributed by atoms with Crippen molar-refractivity contribution in [3.05, 3.63) is 106 Å². The molecule has 0 radical (unpaired) electrons. The number of aromatic nitrogens is 1. The minimum Gasteiger partial charge on any atom is -0.377 e. The maximum Gasteiger partial charge on any atom is 0.141 e. The molecule has 0 bridgehead atoms. The molecule has 0 spiro atoms. The Morgan fingerprint density at radius 2 is 1.82 bits per heavy atom. The molecule has 9 nitrogen and oxygen atoms in total. The number of ether oxygens (including phenoxy) is 1. The molecule has 0 saturated carbocycles. The van der Waals surface area contributed by atoms with Crippen molar-refractivity contribution in [3.8, 4) is 6.07 Å². The molecule has 4 aromatic rings. The Bertz CT molecular complexity index is 1800. The number of anilines is 3. The number of halogens is 3. The lowest BCUT2D eigenvalue weighted by Gasteiger charge is -2.49. The Morgan fingerprint density at radius 1 is 1.04 bits per heavy atom. The summed E-state index contributed by atoms with van der Waals surface area (Å²) in [6.45, 7) is 4.45. The first-order valence-electron chi connectivity index (χ1n) is 14.8. The number of hydrogen-bond donors (Lipinski definition) is 4. The van der Waals surface area contributed by atoms with Gasteiger partial charge in [0.2, 0.25) is 0 Å². The Balaban J connectivity index is 1.22. The van der Waals surface area contributed by atoms with E-state index in [1.807, 2.05) is 30.3 Å². The highest BCUT2D eigenvalue weighted by Gasteiger charge is 2.46. The van der Waals surface area contributed by atoms with Crippen LogP contribution in [-0.4, -0.2) is 53.3 Å². The first-order valence-corrected chi connectivity index (χ1v) is 15.6. The second kappa shape index (κ2) is 12.4. The number of likely N-dealkylation sites (tertiary alicyclic amines) is 1. The number of pyridine rings is 1. The van der Waals surface area contributed by atoms with Crippen LogP contribution in [0.3, 0.4) is 0 Å². The summed E-state index contributed by atoms with van der Waals surface area (Å²) in [5.41, 5.74) is 11.3. The number of nitrogens with zero attached hydrogens (tertiary/aromatic N) is 4. The molecule has 3 aliphatic rings. The van der Waals surface area contributed by atoms with Crippen LogP contribution >= 0.6 is 23.2 Å². The molecule has 12 heteroatoms. The van der Waals surface area contributed by atoms with Gasteiger partial charge < -0.3 is 20.8 Å². The van der Waals surface area contributed by atoms with Crippen LogP contribution in [-0.2, 0) is 4.74 Å². The summed E-state index contributed by atoms with van der Waals surface area (Å²) in [5, 5.41) is 19.9. The van der Waals surface area contributed by atoms with E-state index in [1.54, 1.807) is 6.07 Å². The fourth-order valence-corrected chi connectivity index (χ4v) is 6.70. The van der Waals surface area contributed by atoms with Crippen LogP contribution in [0.4, 0.5) is 21.5 Å². The largest absolute Gasteiger partial charge is 0.377 e. The highest BCUT2D eigenvalue weighted by Crippen LogP contribution is 2.38. The van der Waals surface area contributed by atoms with Gasteiger partial charge in [0, 0.05) is 29.2 Å². The predicted molar refractivity (Wildman–Crippen MR) is 174 cm³/mol. The van der Waals surface area contributed by atoms with Crippen molar-refractivity contribution in [2.45, 2.75) is 24.4 Å². The van der Waals surface area contributed by atoms with E-state index in [2.05, 4.69) is 60.9 Å². The SMILES string of the molecule is N#Cc1cnc2c(Cl)cc(N[C@H](C3=CN(CC4(N5CCCC5)COC4)NN3)c3ccccc3)cc2c1Nc1ccc(F)c(Cl)c1. The fourth-order valence-electron chi connectivity index (χ4n) is 6.25. The van der Waals surface area contributed by atoms with E-state index >= 15 is 0 Å². The molecule has 2 fully saturated rings. The van der Waals surface area contributed by atoms with Crippen LogP contribution in [0.1, 0.15) is 30.0 Å². The molecular weight excluding hydrogens is 614 g/mol. The lowest BCUT2D eigenvalue weighted by molar-refractivity contribution is -0.144. The minimum absolute atomic E-state index is 0.00226. The molecule has 3 aliphatic heterocycles. The minimum atomic E-state index is -0.529. The summed E-state index contributed by atoms with van der Waals surface area (Å²) in [6, 6.07) is 20.1. The molecule has 0 unspecified atom stereocenters. The summed E-state index contributed by atoms with van der Waals surface area (Å²) < 4.78 is 19.5. The lowest BCUT2D eigenvalue weighted by Crippen LogP contribution is -2.67. The molecule has 4 heterocycles. The van der Waals surface area contributed by atoms with Crippen LogP contribution in [0.2, 0.25) is 10.0 Å². The molecule has 0 aliphatic carbocycles. The van der Waals surface area contributed by atoms with Crippen molar-refractivity contribution in [2.24, 2.45) is 0 Å². The number of nitrogens with one attached hydrogen (secondary N) is 4. The Hall–Kier alpha value is -4.11. The molecule has 2 saturated heterocycles. The zero-order valence-corrected chi connectivity index (χ0v) is 25.8. The van der Waals surface area contributed by atoms with Gasteiger partial charge in [0.15, 0.2) is 0 Å². The predicted octanol–water partition coefficient (Wildman–Crippen LogP) is 6.48. The van der Waals surface area contributed by atoms with Gasteiger partial charge in [-0.1, -0.05) is 53.5 Å². The highest BCUT2D eigenvalue weighted by atomic mass is 35.5. The van der Waals surface area contributed by atoms with Gasteiger partial charge in [-0.05, 0) is 61.8 Å². The zero-order chi connectivity index (χ0) is 31.0. The average Bonchev–Trinajstić information content (AvgIpc) is 3.73. The second-order valence-corrected chi connectivity index (χ2v) is 12.4. The van der Waals surface area contributed by atoms with Crippen LogP contribution in [0, 0.1) is 17.1 Å². The summed E-state index contributed by atoms with van der Waals surface area (Å²) in [5.74, 6) is -0.529. The molecule has 3 aromatic carbocycles. The number of fused-ring (bicyclic) bond motifs is 1. The van der Waals surface area contributed by atoms with Gasteiger partial charge >= 0.3 is 0 Å². The molecular formula is C33H31Cl2FN8O. The van der Waals surface area contributed by atoms with Gasteiger partial charge in [-0.15, -0.1) is 5.53 Å². The maximum absolute atomic E-state index is 13.9. The quantitative estimate of drug-likeness (QED) is 0.163. The van der Waals surface area contributed by atoms with Crippen LogP contribution in [0.15, 0.2) is 78.8 Å². The van der Waals surface area contributed by atoms with Gasteiger partial charge in [-0.2, -0.15) is 5.26 Å². The lowest BCUT2D eigenvalue weighted by atomic mass is 9.95. The van der Waals surface area contributed by atoms with Crippen molar-refractivity contribution >= 4 is 51.2 Å². The summed E-state index contributed by atoms with van der Waals surface area (Å²) in [4.78, 5) is 7.03. The van der Waals surface area contributed by atoms with Crippen molar-refractivity contribution in [1.82, 2.24) is 25.9 Å². The van der Waals surface area contributed by atoms with Crippen LogP contribution in [0.25, 0.3) is 10.9 Å². The first-order chi connectivity index (χ1) is 21.9. The van der Waals surface area contributed by atoms with Crippen molar-refractivity contribution in [3.63, 3.8) is 0 Å². The van der Waals surface area contributed by atoms with Crippen molar-refractivity contribution in [2.75, 3.05) is 43.5 Å². The highest BCUT2D eigenvalue weighted by molar-refractivity contribution is 6.36. The van der Waals surface area contributed by atoms with Gasteiger partial charge in [-0.25, -0.2) is 4.39 Å². The van der Waals surface area contributed by atoms with E-state index in [9.17, 15) is 9.65 Å². The fraction of sp³-hybridized carbons (Fsp3) is 0.273. The topological polar surface area (TPSA) is 101 Å². The molecule has 0 amide bonds. The Morgan fingerprint density at radius 3 is 2.53 bits per heavy atom. The normalized spacial score (nSPS) is 18.2. The Labute approximate surface area is 270 Å². The van der Waals surface area contributed by atoms with E-state index in [0.29, 0.717) is 32.9 Å². The van der Waals surface area contributed by atoms with E-state index in [4.69, 9.17) is 27.9 Å². The molecule has 1 aromatic heterocycles. The first kappa shape index (κ1) is 29.6. The number of rotatable bonds is 9. The number of hydrogen-bond acceptors (Lipinski definition) is 9.